The van der Waals surface area contributed by atoms with Crippen molar-refractivity contribution in [1.29, 1.82) is 0 Å². The van der Waals surface area contributed by atoms with Gasteiger partial charge in [-0.05, 0) is 24.3 Å². The van der Waals surface area contributed by atoms with E-state index in [0.29, 0.717) is 12.1 Å². The summed E-state index contributed by atoms with van der Waals surface area (Å²) in [6, 6.07) is 13.1. The number of fused-ring (bicyclic) bond motifs is 1. The Morgan fingerprint density at radius 2 is 2.00 bits per heavy atom. The van der Waals surface area contributed by atoms with E-state index in [1.807, 2.05) is 42.5 Å². The molecular weight excluding hydrogens is 226 g/mol. The molecule has 1 aliphatic rings. The quantitative estimate of drug-likeness (QED) is 0.829. The van der Waals surface area contributed by atoms with Crippen LogP contribution in [0.2, 0.25) is 0 Å². The van der Waals surface area contributed by atoms with Gasteiger partial charge in [0.25, 0.3) is 5.91 Å². The number of hydrogen-bond donors (Lipinski definition) is 1. The van der Waals surface area contributed by atoms with Gasteiger partial charge in [0.1, 0.15) is 5.82 Å². The van der Waals surface area contributed by atoms with Gasteiger partial charge in [-0.2, -0.15) is 0 Å². The molecule has 2 heterocycles. The normalized spacial score (nSPS) is 13.7. The summed E-state index contributed by atoms with van der Waals surface area (Å²) in [5.74, 6) is 0.791. The van der Waals surface area contributed by atoms with E-state index in [4.69, 9.17) is 0 Å². The smallest absolute Gasteiger partial charge is 0.258 e. The van der Waals surface area contributed by atoms with E-state index >= 15 is 0 Å². The summed E-state index contributed by atoms with van der Waals surface area (Å²) in [7, 11) is 0. The standard InChI is InChI=1S/C14H13N3O/c18-14(11-5-2-1-3-6-11)17-10-9-16-13-12(17)7-4-8-15-13/h1-8H,9-10H2,(H,15,16). The molecule has 1 aromatic carbocycles. The lowest BCUT2D eigenvalue weighted by Crippen LogP contribution is -2.39. The molecule has 0 spiro atoms. The van der Waals surface area contributed by atoms with Crippen molar-refractivity contribution in [2.45, 2.75) is 0 Å². The number of nitrogens with one attached hydrogen (secondary N) is 1. The van der Waals surface area contributed by atoms with Crippen molar-refractivity contribution >= 4 is 17.4 Å². The van der Waals surface area contributed by atoms with Gasteiger partial charge in [0.15, 0.2) is 0 Å². The average molecular weight is 239 g/mol. The van der Waals surface area contributed by atoms with E-state index in [9.17, 15) is 4.79 Å². The third-order valence-corrected chi connectivity index (χ3v) is 2.97. The molecule has 0 saturated carbocycles. The number of pyridine rings is 1. The SMILES string of the molecule is O=C(c1ccccc1)N1CCNc2ncccc21. The number of carbonyl (C=O) groups excluding carboxylic acids is 1. The third-order valence-electron chi connectivity index (χ3n) is 2.97. The molecule has 2 aromatic rings. The molecule has 1 aromatic heterocycles. The monoisotopic (exact) mass is 239 g/mol. The van der Waals surface area contributed by atoms with Crippen LogP contribution in [-0.4, -0.2) is 24.0 Å². The van der Waals surface area contributed by atoms with Crippen molar-refractivity contribution in [2.24, 2.45) is 0 Å². The van der Waals surface area contributed by atoms with Gasteiger partial charge >= 0.3 is 0 Å². The topological polar surface area (TPSA) is 45.2 Å². The summed E-state index contributed by atoms with van der Waals surface area (Å²) in [6.45, 7) is 1.38. The molecule has 18 heavy (non-hydrogen) atoms. The number of hydrogen-bond acceptors (Lipinski definition) is 3. The Hall–Kier alpha value is -2.36. The highest BCUT2D eigenvalue weighted by Gasteiger charge is 2.23. The summed E-state index contributed by atoms with van der Waals surface area (Å²) < 4.78 is 0. The molecule has 0 aliphatic carbocycles. The van der Waals surface area contributed by atoms with Gasteiger partial charge in [0.2, 0.25) is 0 Å². The van der Waals surface area contributed by atoms with Crippen molar-refractivity contribution < 1.29 is 4.79 Å². The van der Waals surface area contributed by atoms with Crippen molar-refractivity contribution in [2.75, 3.05) is 23.3 Å². The minimum atomic E-state index is 0.0198. The Kier molecular flexibility index (Phi) is 2.68. The Morgan fingerprint density at radius 3 is 2.83 bits per heavy atom. The Balaban J connectivity index is 1.97. The lowest BCUT2D eigenvalue weighted by molar-refractivity contribution is 0.0987. The molecule has 1 aliphatic heterocycles. The van der Waals surface area contributed by atoms with Gasteiger partial charge in [0, 0.05) is 24.8 Å². The van der Waals surface area contributed by atoms with Crippen LogP contribution < -0.4 is 10.2 Å². The van der Waals surface area contributed by atoms with Crippen molar-refractivity contribution in [3.05, 3.63) is 54.2 Å². The molecule has 90 valence electrons. The number of anilines is 2. The summed E-state index contributed by atoms with van der Waals surface area (Å²) in [6.07, 6.45) is 1.72. The van der Waals surface area contributed by atoms with Crippen molar-refractivity contribution in [3.8, 4) is 0 Å². The van der Waals surface area contributed by atoms with E-state index in [2.05, 4.69) is 10.3 Å². The lowest BCUT2D eigenvalue weighted by atomic mass is 10.1. The molecule has 0 atom stereocenters. The van der Waals surface area contributed by atoms with Gasteiger partial charge in [-0.15, -0.1) is 0 Å². The van der Waals surface area contributed by atoms with Crippen LogP contribution in [0.15, 0.2) is 48.7 Å². The molecule has 0 unspecified atom stereocenters. The first-order chi connectivity index (χ1) is 8.86. The van der Waals surface area contributed by atoms with Crippen LogP contribution in [0.25, 0.3) is 0 Å². The van der Waals surface area contributed by atoms with Gasteiger partial charge in [-0.3, -0.25) is 4.79 Å². The highest BCUT2D eigenvalue weighted by molar-refractivity contribution is 6.07. The van der Waals surface area contributed by atoms with E-state index in [0.717, 1.165) is 18.1 Å². The molecular formula is C14H13N3O. The van der Waals surface area contributed by atoms with Crippen LogP contribution in [-0.2, 0) is 0 Å². The molecule has 0 saturated heterocycles. The predicted octanol–water partition coefficient (Wildman–Crippen LogP) is 2.15. The fraction of sp³-hybridized carbons (Fsp3) is 0.143. The van der Waals surface area contributed by atoms with Gasteiger partial charge < -0.3 is 10.2 Å². The first-order valence-electron chi connectivity index (χ1n) is 5.92. The van der Waals surface area contributed by atoms with E-state index in [-0.39, 0.29) is 5.91 Å². The first-order valence-corrected chi connectivity index (χ1v) is 5.92. The lowest BCUT2D eigenvalue weighted by Gasteiger charge is -2.29. The number of rotatable bonds is 1. The molecule has 0 bridgehead atoms. The van der Waals surface area contributed by atoms with Crippen LogP contribution in [0.4, 0.5) is 11.5 Å². The third kappa shape index (κ3) is 1.82. The van der Waals surface area contributed by atoms with Gasteiger partial charge in [0.05, 0.1) is 5.69 Å². The molecule has 4 nitrogen and oxygen atoms in total. The Bertz CT molecular complexity index is 568. The number of carbonyl (C=O) groups is 1. The Morgan fingerprint density at radius 1 is 1.17 bits per heavy atom. The summed E-state index contributed by atoms with van der Waals surface area (Å²) in [4.78, 5) is 18.4. The fourth-order valence-electron chi connectivity index (χ4n) is 2.10. The molecule has 0 radical (unpaired) electrons. The fourth-order valence-corrected chi connectivity index (χ4v) is 2.10. The molecule has 4 heteroatoms. The first kappa shape index (κ1) is 10.8. The minimum Gasteiger partial charge on any atom is -0.367 e. The zero-order valence-electron chi connectivity index (χ0n) is 9.84. The zero-order valence-corrected chi connectivity index (χ0v) is 9.84. The average Bonchev–Trinajstić information content (AvgIpc) is 2.47. The van der Waals surface area contributed by atoms with Crippen molar-refractivity contribution in [1.82, 2.24) is 4.98 Å². The number of benzene rings is 1. The second kappa shape index (κ2) is 4.49. The van der Waals surface area contributed by atoms with E-state index in [1.54, 1.807) is 11.1 Å². The molecule has 1 N–H and O–H groups in total. The number of aromatic nitrogens is 1. The Labute approximate surface area is 105 Å². The minimum absolute atomic E-state index is 0.0198. The van der Waals surface area contributed by atoms with Crippen LogP contribution in [0.1, 0.15) is 10.4 Å². The zero-order chi connectivity index (χ0) is 12.4. The highest BCUT2D eigenvalue weighted by Crippen LogP contribution is 2.27. The maximum absolute atomic E-state index is 12.4. The summed E-state index contributed by atoms with van der Waals surface area (Å²) >= 11 is 0. The van der Waals surface area contributed by atoms with E-state index < -0.39 is 0 Å². The summed E-state index contributed by atoms with van der Waals surface area (Å²) in [5, 5.41) is 3.19. The number of nitrogens with zero attached hydrogens (tertiary/aromatic N) is 2. The second-order valence-corrected chi connectivity index (χ2v) is 4.12. The van der Waals surface area contributed by atoms with Crippen LogP contribution in [0.5, 0.6) is 0 Å². The van der Waals surface area contributed by atoms with Crippen molar-refractivity contribution in [3.63, 3.8) is 0 Å². The second-order valence-electron chi connectivity index (χ2n) is 4.12. The van der Waals surface area contributed by atoms with Gasteiger partial charge in [-0.1, -0.05) is 18.2 Å². The van der Waals surface area contributed by atoms with Crippen LogP contribution in [0.3, 0.4) is 0 Å². The van der Waals surface area contributed by atoms with E-state index in [1.165, 1.54) is 0 Å². The maximum atomic E-state index is 12.4. The highest BCUT2D eigenvalue weighted by atomic mass is 16.2. The summed E-state index contributed by atoms with van der Waals surface area (Å²) in [5.41, 5.74) is 1.55. The van der Waals surface area contributed by atoms with Crippen LogP contribution >= 0.6 is 0 Å². The molecule has 0 fully saturated rings. The largest absolute Gasteiger partial charge is 0.367 e. The number of amides is 1. The predicted molar refractivity (Wildman–Crippen MR) is 70.8 cm³/mol. The van der Waals surface area contributed by atoms with Gasteiger partial charge in [-0.25, -0.2) is 4.98 Å². The maximum Gasteiger partial charge on any atom is 0.258 e. The molecule has 3 rings (SSSR count). The molecule has 1 amide bonds. The van der Waals surface area contributed by atoms with Crippen LogP contribution in [0, 0.1) is 0 Å².